The molecule has 1 heterocycles. The molecule has 0 aliphatic heterocycles. The second-order valence-corrected chi connectivity index (χ2v) is 11.8. The third-order valence-corrected chi connectivity index (χ3v) is 9.44. The van der Waals surface area contributed by atoms with Crippen LogP contribution in [0.25, 0.3) is 76.0 Å². The van der Waals surface area contributed by atoms with E-state index < -0.39 is 0 Å². The number of para-hydroxylation sites is 1. The number of nitrogens with one attached hydrogen (secondary N) is 1. The van der Waals surface area contributed by atoms with Gasteiger partial charge in [-0.05, 0) is 96.4 Å². The summed E-state index contributed by atoms with van der Waals surface area (Å²) in [6, 6.07) is 38.1. The monoisotopic (exact) mass is 513 g/mol. The predicted octanol–water partition coefficient (Wildman–Crippen LogP) is 10.2. The van der Waals surface area contributed by atoms with Crippen LogP contribution in [0.4, 0.5) is 0 Å². The third-order valence-electron chi connectivity index (χ3n) is 9.44. The van der Waals surface area contributed by atoms with E-state index in [9.17, 15) is 0 Å². The molecule has 0 unspecified atom stereocenters. The van der Waals surface area contributed by atoms with E-state index in [1.807, 2.05) is 0 Å². The number of hydrogen-bond acceptors (Lipinski definition) is 1. The molecular formula is C38H27NO. The Kier molecular flexibility index (Phi) is 4.09. The Hall–Kier alpha value is -4.82. The molecule has 0 saturated carbocycles. The summed E-state index contributed by atoms with van der Waals surface area (Å²) in [4.78, 5) is 3.67. The van der Waals surface area contributed by atoms with E-state index >= 15 is 0 Å². The molecule has 7 aromatic carbocycles. The van der Waals surface area contributed by atoms with Crippen molar-refractivity contribution >= 4 is 64.9 Å². The molecular weight excluding hydrogens is 486 g/mol. The van der Waals surface area contributed by atoms with Gasteiger partial charge in [0.2, 0.25) is 0 Å². The van der Waals surface area contributed by atoms with E-state index in [0.29, 0.717) is 0 Å². The molecule has 1 N–H and O–H groups in total. The molecule has 2 nitrogen and oxygen atoms in total. The second kappa shape index (κ2) is 7.43. The summed E-state index contributed by atoms with van der Waals surface area (Å²) < 4.78 is 5.90. The van der Waals surface area contributed by atoms with Gasteiger partial charge in [0, 0.05) is 32.6 Å². The Bertz CT molecular complexity index is 2390. The van der Waals surface area contributed by atoms with Crippen LogP contribution in [0.1, 0.15) is 25.0 Å². The summed E-state index contributed by atoms with van der Waals surface area (Å²) in [6.07, 6.45) is 0. The maximum absolute atomic E-state index is 5.90. The number of benzene rings is 7. The molecule has 0 spiro atoms. The molecule has 0 saturated heterocycles. The number of H-pyrrole nitrogens is 1. The molecule has 0 bridgehead atoms. The number of fused-ring (bicyclic) bond motifs is 14. The molecule has 1 aliphatic rings. The SMILES string of the molecule is COc1cc2c3ccccc3c3cc4c(cc3c2c2ccccc12)C(C)(C)c1cc2[nH]c3ccccc3c2cc1-4. The normalized spacial score (nSPS) is 14.1. The number of methoxy groups -OCH3 is 1. The summed E-state index contributed by atoms with van der Waals surface area (Å²) >= 11 is 0. The molecule has 190 valence electrons. The van der Waals surface area contributed by atoms with Gasteiger partial charge in [-0.1, -0.05) is 80.6 Å². The van der Waals surface area contributed by atoms with Crippen molar-refractivity contribution in [1.29, 1.82) is 0 Å². The topological polar surface area (TPSA) is 25.0 Å². The van der Waals surface area contributed by atoms with Gasteiger partial charge < -0.3 is 9.72 Å². The number of aromatic nitrogens is 1. The van der Waals surface area contributed by atoms with E-state index in [1.165, 1.54) is 81.8 Å². The average Bonchev–Trinajstić information content (AvgIpc) is 3.46. The average molecular weight is 514 g/mol. The van der Waals surface area contributed by atoms with Gasteiger partial charge in [-0.15, -0.1) is 0 Å². The van der Waals surface area contributed by atoms with E-state index in [1.54, 1.807) is 7.11 Å². The molecule has 0 amide bonds. The van der Waals surface area contributed by atoms with Crippen molar-refractivity contribution in [3.63, 3.8) is 0 Å². The van der Waals surface area contributed by atoms with Gasteiger partial charge in [-0.2, -0.15) is 0 Å². The van der Waals surface area contributed by atoms with Gasteiger partial charge in [-0.3, -0.25) is 0 Å². The zero-order chi connectivity index (χ0) is 26.7. The lowest BCUT2D eigenvalue weighted by Gasteiger charge is -2.23. The van der Waals surface area contributed by atoms with Crippen molar-refractivity contribution < 1.29 is 4.74 Å². The highest BCUT2D eigenvalue weighted by Crippen LogP contribution is 2.53. The fraction of sp³-hybridized carbons (Fsp3) is 0.105. The minimum atomic E-state index is -0.120. The summed E-state index contributed by atoms with van der Waals surface area (Å²) in [5.41, 5.74) is 7.76. The van der Waals surface area contributed by atoms with E-state index in [4.69, 9.17) is 4.74 Å². The lowest BCUT2D eigenvalue weighted by Crippen LogP contribution is -2.15. The first-order valence-electron chi connectivity index (χ1n) is 14.0. The zero-order valence-corrected chi connectivity index (χ0v) is 22.7. The van der Waals surface area contributed by atoms with E-state index in [2.05, 4.69) is 122 Å². The van der Waals surface area contributed by atoms with Crippen LogP contribution in [0.5, 0.6) is 5.75 Å². The van der Waals surface area contributed by atoms with Gasteiger partial charge in [0.25, 0.3) is 0 Å². The Morgan fingerprint density at radius 1 is 0.500 bits per heavy atom. The maximum Gasteiger partial charge on any atom is 0.127 e. The molecule has 1 aliphatic carbocycles. The highest BCUT2D eigenvalue weighted by molar-refractivity contribution is 6.32. The number of rotatable bonds is 1. The van der Waals surface area contributed by atoms with Gasteiger partial charge >= 0.3 is 0 Å². The summed E-state index contributed by atoms with van der Waals surface area (Å²) in [5.74, 6) is 0.920. The maximum atomic E-state index is 5.90. The fourth-order valence-electron chi connectivity index (χ4n) is 7.52. The van der Waals surface area contributed by atoms with Crippen molar-refractivity contribution in [3.8, 4) is 16.9 Å². The first kappa shape index (κ1) is 22.0. The van der Waals surface area contributed by atoms with Crippen LogP contribution in [0, 0.1) is 0 Å². The second-order valence-electron chi connectivity index (χ2n) is 11.8. The lowest BCUT2D eigenvalue weighted by molar-refractivity contribution is 0.420. The number of ether oxygens (including phenoxy) is 1. The van der Waals surface area contributed by atoms with E-state index in [-0.39, 0.29) is 5.41 Å². The van der Waals surface area contributed by atoms with Crippen LogP contribution in [0.3, 0.4) is 0 Å². The quantitative estimate of drug-likeness (QED) is 0.217. The predicted molar refractivity (Wildman–Crippen MR) is 170 cm³/mol. The van der Waals surface area contributed by atoms with Gasteiger partial charge in [0.05, 0.1) is 7.11 Å². The van der Waals surface area contributed by atoms with Crippen LogP contribution >= 0.6 is 0 Å². The number of hydrogen-bond donors (Lipinski definition) is 1. The third kappa shape index (κ3) is 2.64. The highest BCUT2D eigenvalue weighted by Gasteiger charge is 2.37. The molecule has 8 aromatic rings. The van der Waals surface area contributed by atoms with Crippen LogP contribution < -0.4 is 4.74 Å². The molecule has 9 rings (SSSR count). The van der Waals surface area contributed by atoms with Crippen molar-refractivity contribution in [2.24, 2.45) is 0 Å². The molecule has 1 aromatic heterocycles. The largest absolute Gasteiger partial charge is 0.496 e. The Morgan fingerprint density at radius 3 is 1.82 bits per heavy atom. The fourth-order valence-corrected chi connectivity index (χ4v) is 7.52. The van der Waals surface area contributed by atoms with Gasteiger partial charge in [0.15, 0.2) is 0 Å². The number of aromatic amines is 1. The standard InChI is InChI=1S/C38H27NO/c1-38(2)32-18-30-26(16-27(32)28-17-29-23-12-8-9-15-34(23)39-35(29)20-33(28)38)21-10-4-5-11-22(21)31-19-36(40-3)24-13-6-7-14-25(24)37(30)31/h4-20,39H,1-3H3. The van der Waals surface area contributed by atoms with Crippen LogP contribution in [-0.2, 0) is 5.41 Å². The van der Waals surface area contributed by atoms with Crippen molar-refractivity contribution in [3.05, 3.63) is 114 Å². The first-order valence-corrected chi connectivity index (χ1v) is 14.0. The zero-order valence-electron chi connectivity index (χ0n) is 22.7. The molecule has 0 fully saturated rings. The molecule has 40 heavy (non-hydrogen) atoms. The van der Waals surface area contributed by atoms with E-state index in [0.717, 1.165) is 11.1 Å². The van der Waals surface area contributed by atoms with Crippen molar-refractivity contribution in [2.75, 3.05) is 7.11 Å². The minimum Gasteiger partial charge on any atom is -0.496 e. The molecule has 2 heteroatoms. The Balaban J connectivity index is 1.48. The van der Waals surface area contributed by atoms with Crippen LogP contribution in [0.2, 0.25) is 0 Å². The smallest absolute Gasteiger partial charge is 0.127 e. The van der Waals surface area contributed by atoms with Gasteiger partial charge in [-0.25, -0.2) is 0 Å². The minimum absolute atomic E-state index is 0.120. The van der Waals surface area contributed by atoms with Crippen molar-refractivity contribution in [1.82, 2.24) is 4.98 Å². The van der Waals surface area contributed by atoms with Crippen LogP contribution in [0.15, 0.2) is 103 Å². The van der Waals surface area contributed by atoms with Gasteiger partial charge in [0.1, 0.15) is 5.75 Å². The summed E-state index contributed by atoms with van der Waals surface area (Å²) in [6.45, 7) is 4.75. The summed E-state index contributed by atoms with van der Waals surface area (Å²) in [7, 11) is 1.77. The Morgan fingerprint density at radius 2 is 1.07 bits per heavy atom. The Labute approximate surface area is 231 Å². The summed E-state index contributed by atoms with van der Waals surface area (Å²) in [5, 5.41) is 12.7. The lowest BCUT2D eigenvalue weighted by atomic mass is 9.80. The van der Waals surface area contributed by atoms with Crippen molar-refractivity contribution in [2.45, 2.75) is 19.3 Å². The van der Waals surface area contributed by atoms with Crippen LogP contribution in [-0.4, -0.2) is 12.1 Å². The molecule has 0 radical (unpaired) electrons. The molecule has 0 atom stereocenters. The highest BCUT2D eigenvalue weighted by atomic mass is 16.5. The first-order chi connectivity index (χ1) is 19.5.